The van der Waals surface area contributed by atoms with Crippen molar-refractivity contribution in [2.75, 3.05) is 18.0 Å². The molecule has 1 fully saturated rings. The van der Waals surface area contributed by atoms with E-state index in [0.717, 1.165) is 82.0 Å². The molecule has 2 N–H and O–H groups in total. The standard InChI is InChI=1S/C30H27N5O2/c1-19-6-5-7-26(34-19)29-28(32-18-33-29)20-8-10-25-22(14-20)15-23(17-31-25)24-16-21(30(36)37)9-11-27(24)35-12-3-2-4-13-35/h5-11,14-18H,2-4,12-13H2,1H3,(H,32,33)(H,36,37). The van der Waals surface area contributed by atoms with Crippen LogP contribution in [0.2, 0.25) is 0 Å². The molecule has 1 aliphatic rings. The van der Waals surface area contributed by atoms with Gasteiger partial charge in [0.2, 0.25) is 0 Å². The second kappa shape index (κ2) is 9.50. The number of carboxylic acid groups (broad SMARTS) is 1. The van der Waals surface area contributed by atoms with E-state index in [9.17, 15) is 9.90 Å². The lowest BCUT2D eigenvalue weighted by Gasteiger charge is -2.31. The predicted molar refractivity (Wildman–Crippen MR) is 146 cm³/mol. The molecule has 0 bridgehead atoms. The number of aromatic amines is 1. The predicted octanol–water partition coefficient (Wildman–Crippen LogP) is 6.35. The number of aromatic nitrogens is 4. The molecule has 7 heteroatoms. The number of aromatic carboxylic acids is 1. The molecular formula is C30H27N5O2. The Labute approximate surface area is 214 Å². The first-order chi connectivity index (χ1) is 18.1. The van der Waals surface area contributed by atoms with Gasteiger partial charge in [-0.1, -0.05) is 12.1 Å². The monoisotopic (exact) mass is 489 g/mol. The van der Waals surface area contributed by atoms with Crippen molar-refractivity contribution in [1.29, 1.82) is 0 Å². The summed E-state index contributed by atoms with van der Waals surface area (Å²) in [7, 11) is 0. The fourth-order valence-electron chi connectivity index (χ4n) is 5.13. The summed E-state index contributed by atoms with van der Waals surface area (Å²) in [4.78, 5) is 31.4. The summed E-state index contributed by atoms with van der Waals surface area (Å²) < 4.78 is 0. The van der Waals surface area contributed by atoms with Crippen molar-refractivity contribution < 1.29 is 9.90 Å². The summed E-state index contributed by atoms with van der Waals surface area (Å²) in [6.45, 7) is 3.92. The van der Waals surface area contributed by atoms with E-state index in [2.05, 4.69) is 32.0 Å². The quantitative estimate of drug-likeness (QED) is 0.299. The number of fused-ring (bicyclic) bond motifs is 1. The van der Waals surface area contributed by atoms with Crippen LogP contribution in [0.25, 0.3) is 44.7 Å². The van der Waals surface area contributed by atoms with Gasteiger partial charge in [0.1, 0.15) is 0 Å². The van der Waals surface area contributed by atoms with E-state index < -0.39 is 5.97 Å². The fourth-order valence-corrected chi connectivity index (χ4v) is 5.13. The Morgan fingerprint density at radius 3 is 2.59 bits per heavy atom. The largest absolute Gasteiger partial charge is 0.478 e. The van der Waals surface area contributed by atoms with Crippen LogP contribution in [0.4, 0.5) is 5.69 Å². The van der Waals surface area contributed by atoms with Gasteiger partial charge < -0.3 is 15.0 Å². The lowest BCUT2D eigenvalue weighted by atomic mass is 9.98. The normalized spacial score (nSPS) is 13.7. The summed E-state index contributed by atoms with van der Waals surface area (Å²) in [5.41, 5.74) is 8.44. The third-order valence-electron chi connectivity index (χ3n) is 6.99. The van der Waals surface area contributed by atoms with Gasteiger partial charge in [0.15, 0.2) is 0 Å². The molecule has 1 saturated heterocycles. The Balaban J connectivity index is 1.45. The average Bonchev–Trinajstić information content (AvgIpc) is 3.43. The Morgan fingerprint density at radius 1 is 0.946 bits per heavy atom. The Kier molecular flexibility index (Phi) is 5.88. The minimum absolute atomic E-state index is 0.274. The maximum absolute atomic E-state index is 11.8. The van der Waals surface area contributed by atoms with E-state index in [4.69, 9.17) is 4.98 Å². The highest BCUT2D eigenvalue weighted by Gasteiger charge is 2.19. The Bertz CT molecular complexity index is 1620. The number of hydrogen-bond donors (Lipinski definition) is 2. The molecule has 7 nitrogen and oxygen atoms in total. The summed E-state index contributed by atoms with van der Waals surface area (Å²) in [5, 5.41) is 10.6. The van der Waals surface area contributed by atoms with Crippen LogP contribution in [-0.2, 0) is 0 Å². The number of piperidine rings is 1. The number of rotatable bonds is 5. The molecule has 6 rings (SSSR count). The van der Waals surface area contributed by atoms with Crippen LogP contribution in [0.3, 0.4) is 0 Å². The van der Waals surface area contributed by atoms with Crippen LogP contribution in [0.5, 0.6) is 0 Å². The molecule has 1 aliphatic heterocycles. The van der Waals surface area contributed by atoms with E-state index in [1.54, 1.807) is 18.5 Å². The molecule has 0 atom stereocenters. The highest BCUT2D eigenvalue weighted by atomic mass is 16.4. The molecule has 0 radical (unpaired) electrons. The van der Waals surface area contributed by atoms with Crippen LogP contribution in [-0.4, -0.2) is 44.1 Å². The molecule has 0 aliphatic carbocycles. The smallest absolute Gasteiger partial charge is 0.335 e. The van der Waals surface area contributed by atoms with Gasteiger partial charge >= 0.3 is 5.97 Å². The fraction of sp³-hybridized carbons (Fsp3) is 0.200. The van der Waals surface area contributed by atoms with Crippen molar-refractivity contribution in [3.8, 4) is 33.8 Å². The van der Waals surface area contributed by atoms with Crippen molar-refractivity contribution in [3.05, 3.63) is 84.4 Å². The number of carboxylic acids is 1. The molecule has 5 aromatic rings. The zero-order chi connectivity index (χ0) is 25.4. The number of hydrogen-bond acceptors (Lipinski definition) is 5. The molecule has 184 valence electrons. The number of nitrogens with zero attached hydrogens (tertiary/aromatic N) is 4. The molecule has 4 heterocycles. The number of aryl methyl sites for hydroxylation is 1. The molecule has 0 unspecified atom stereocenters. The first kappa shape index (κ1) is 22.9. The average molecular weight is 490 g/mol. The Hall–Kier alpha value is -4.52. The maximum atomic E-state index is 11.8. The number of carbonyl (C=O) groups is 1. The van der Waals surface area contributed by atoms with Gasteiger partial charge in [-0.3, -0.25) is 9.97 Å². The minimum Gasteiger partial charge on any atom is -0.478 e. The van der Waals surface area contributed by atoms with Gasteiger partial charge in [0.05, 0.1) is 34.5 Å². The minimum atomic E-state index is -0.932. The lowest BCUT2D eigenvalue weighted by molar-refractivity contribution is 0.0697. The Morgan fingerprint density at radius 2 is 1.78 bits per heavy atom. The van der Waals surface area contributed by atoms with Crippen LogP contribution in [0.1, 0.15) is 35.3 Å². The van der Waals surface area contributed by atoms with Gasteiger partial charge in [-0.15, -0.1) is 0 Å². The van der Waals surface area contributed by atoms with Crippen molar-refractivity contribution in [2.24, 2.45) is 0 Å². The highest BCUT2D eigenvalue weighted by molar-refractivity contribution is 5.95. The van der Waals surface area contributed by atoms with Crippen molar-refractivity contribution in [3.63, 3.8) is 0 Å². The second-order valence-corrected chi connectivity index (χ2v) is 9.51. The van der Waals surface area contributed by atoms with Crippen molar-refractivity contribution in [2.45, 2.75) is 26.2 Å². The zero-order valence-electron chi connectivity index (χ0n) is 20.6. The molecule has 0 spiro atoms. The zero-order valence-corrected chi connectivity index (χ0v) is 20.6. The summed E-state index contributed by atoms with van der Waals surface area (Å²) in [6.07, 6.45) is 7.04. The van der Waals surface area contributed by atoms with Gasteiger partial charge in [-0.05, 0) is 74.7 Å². The summed E-state index contributed by atoms with van der Waals surface area (Å²) in [5.74, 6) is -0.932. The third-order valence-corrected chi connectivity index (χ3v) is 6.99. The van der Waals surface area contributed by atoms with Gasteiger partial charge in [-0.2, -0.15) is 0 Å². The summed E-state index contributed by atoms with van der Waals surface area (Å²) in [6, 6.07) is 19.5. The van der Waals surface area contributed by atoms with Crippen molar-refractivity contribution >= 4 is 22.6 Å². The van der Waals surface area contributed by atoms with Crippen LogP contribution < -0.4 is 4.90 Å². The lowest BCUT2D eigenvalue weighted by Crippen LogP contribution is -2.29. The van der Waals surface area contributed by atoms with E-state index in [-0.39, 0.29) is 5.56 Å². The maximum Gasteiger partial charge on any atom is 0.335 e. The van der Waals surface area contributed by atoms with E-state index >= 15 is 0 Å². The molecule has 3 aromatic heterocycles. The van der Waals surface area contributed by atoms with Crippen LogP contribution in [0, 0.1) is 6.92 Å². The van der Waals surface area contributed by atoms with E-state index in [0.29, 0.717) is 0 Å². The number of benzene rings is 2. The van der Waals surface area contributed by atoms with Crippen LogP contribution >= 0.6 is 0 Å². The van der Waals surface area contributed by atoms with Gasteiger partial charge in [-0.25, -0.2) is 9.78 Å². The van der Waals surface area contributed by atoms with Gasteiger partial charge in [0.25, 0.3) is 0 Å². The van der Waals surface area contributed by atoms with Crippen molar-refractivity contribution in [1.82, 2.24) is 19.9 Å². The SMILES string of the molecule is Cc1cccc(-c2[nH]cnc2-c2ccc3ncc(-c4cc(C(=O)O)ccc4N4CCCCC4)cc3c2)n1. The molecule has 2 aromatic carbocycles. The number of pyridine rings is 2. The second-order valence-electron chi connectivity index (χ2n) is 9.51. The number of anilines is 1. The number of imidazole rings is 1. The number of nitrogens with one attached hydrogen (secondary N) is 1. The van der Waals surface area contributed by atoms with Crippen LogP contribution in [0.15, 0.2) is 73.2 Å². The molecule has 0 saturated carbocycles. The first-order valence-corrected chi connectivity index (χ1v) is 12.6. The highest BCUT2D eigenvalue weighted by Crippen LogP contribution is 2.36. The van der Waals surface area contributed by atoms with E-state index in [1.165, 1.54) is 6.42 Å². The first-order valence-electron chi connectivity index (χ1n) is 12.6. The molecular weight excluding hydrogens is 462 g/mol. The topological polar surface area (TPSA) is 95.0 Å². The van der Waals surface area contributed by atoms with E-state index in [1.807, 2.05) is 49.5 Å². The summed E-state index contributed by atoms with van der Waals surface area (Å²) >= 11 is 0. The number of H-pyrrole nitrogens is 1. The third kappa shape index (κ3) is 4.44. The molecule has 37 heavy (non-hydrogen) atoms. The molecule has 0 amide bonds. The van der Waals surface area contributed by atoms with Gasteiger partial charge in [0, 0.05) is 52.7 Å².